The fourth-order valence-electron chi connectivity index (χ4n) is 1.19. The largest absolute Gasteiger partial charge is 0.463 e. The number of carbonyl (C=O) groups excluding carboxylic acids is 1. The van der Waals surface area contributed by atoms with Crippen LogP contribution in [0.2, 0.25) is 0 Å². The fraction of sp³-hybridized carbons (Fsp3) is 0.333. The number of aryl methyl sites for hydroxylation is 1. The molecule has 0 atom stereocenters. The molecule has 2 aromatic rings. The Kier molecular flexibility index (Phi) is 2.95. The average Bonchev–Trinajstić information content (AvgIpc) is 2.87. The second-order valence-electron chi connectivity index (χ2n) is 3.10. The third kappa shape index (κ3) is 2.25. The molecule has 0 saturated heterocycles. The topological polar surface area (TPSA) is 69.9 Å². The van der Waals surface area contributed by atoms with Gasteiger partial charge in [-0.05, 0) is 6.92 Å². The normalized spacial score (nSPS) is 10.4. The first kappa shape index (κ1) is 10.7. The Morgan fingerprint density at radius 1 is 1.56 bits per heavy atom. The van der Waals surface area contributed by atoms with Crippen LogP contribution in [0.15, 0.2) is 12.5 Å². The molecule has 2 heterocycles. The molecule has 16 heavy (non-hydrogen) atoms. The van der Waals surface area contributed by atoms with Gasteiger partial charge in [-0.25, -0.2) is 19.4 Å². The number of thiazole rings is 1. The molecule has 0 amide bonds. The van der Waals surface area contributed by atoms with Gasteiger partial charge in [0.1, 0.15) is 6.33 Å². The van der Waals surface area contributed by atoms with Gasteiger partial charge in [0.25, 0.3) is 5.82 Å². The maximum atomic E-state index is 11.1. The second-order valence-corrected chi connectivity index (χ2v) is 4.42. The summed E-state index contributed by atoms with van der Waals surface area (Å²) in [4.78, 5) is 20.2. The third-order valence-corrected chi connectivity index (χ3v) is 2.79. The van der Waals surface area contributed by atoms with E-state index in [1.165, 1.54) is 13.4 Å². The van der Waals surface area contributed by atoms with Gasteiger partial charge in [-0.1, -0.05) is 0 Å². The molecule has 2 aromatic heterocycles. The lowest BCUT2D eigenvalue weighted by molar-refractivity contribution is 0.0586. The fourth-order valence-corrected chi connectivity index (χ4v) is 1.98. The Hall–Kier alpha value is -1.76. The first-order valence-corrected chi connectivity index (χ1v) is 5.40. The van der Waals surface area contributed by atoms with Crippen LogP contribution in [0.4, 0.5) is 0 Å². The SMILES string of the molecule is COC(=O)c1ncn(Cc2cnc(C)s2)n1. The van der Waals surface area contributed by atoms with E-state index in [1.807, 2.05) is 6.92 Å². The summed E-state index contributed by atoms with van der Waals surface area (Å²) in [7, 11) is 1.30. The predicted molar refractivity (Wildman–Crippen MR) is 57.3 cm³/mol. The van der Waals surface area contributed by atoms with E-state index in [9.17, 15) is 4.79 Å². The Labute approximate surface area is 95.9 Å². The van der Waals surface area contributed by atoms with E-state index in [0.717, 1.165) is 9.88 Å². The molecule has 0 N–H and O–H groups in total. The number of esters is 1. The molecular weight excluding hydrogens is 228 g/mol. The highest BCUT2D eigenvalue weighted by Gasteiger charge is 2.11. The van der Waals surface area contributed by atoms with Crippen LogP contribution in [0.5, 0.6) is 0 Å². The minimum Gasteiger partial charge on any atom is -0.463 e. The smallest absolute Gasteiger partial charge is 0.377 e. The number of nitrogens with zero attached hydrogens (tertiary/aromatic N) is 4. The molecule has 0 fully saturated rings. The maximum absolute atomic E-state index is 11.1. The van der Waals surface area contributed by atoms with Crippen LogP contribution in [0.3, 0.4) is 0 Å². The summed E-state index contributed by atoms with van der Waals surface area (Å²) in [6, 6.07) is 0. The highest BCUT2D eigenvalue weighted by atomic mass is 32.1. The van der Waals surface area contributed by atoms with Crippen molar-refractivity contribution >= 4 is 17.3 Å². The summed E-state index contributed by atoms with van der Waals surface area (Å²) >= 11 is 1.59. The van der Waals surface area contributed by atoms with Crippen molar-refractivity contribution in [2.24, 2.45) is 0 Å². The monoisotopic (exact) mass is 238 g/mol. The lowest BCUT2D eigenvalue weighted by atomic mass is 10.5. The van der Waals surface area contributed by atoms with Gasteiger partial charge < -0.3 is 4.74 Å². The summed E-state index contributed by atoms with van der Waals surface area (Å²) in [6.07, 6.45) is 3.29. The Morgan fingerprint density at radius 3 is 3.00 bits per heavy atom. The number of carbonyl (C=O) groups is 1. The van der Waals surface area contributed by atoms with Gasteiger partial charge in [0.05, 0.1) is 18.7 Å². The third-order valence-electron chi connectivity index (χ3n) is 1.89. The molecule has 0 aromatic carbocycles. The van der Waals surface area contributed by atoms with Gasteiger partial charge in [0.15, 0.2) is 0 Å². The zero-order chi connectivity index (χ0) is 11.5. The van der Waals surface area contributed by atoms with Gasteiger partial charge in [-0.15, -0.1) is 16.4 Å². The van der Waals surface area contributed by atoms with Crippen LogP contribution < -0.4 is 0 Å². The number of ether oxygens (including phenoxy) is 1. The molecule has 84 valence electrons. The molecule has 0 spiro atoms. The van der Waals surface area contributed by atoms with Crippen molar-refractivity contribution in [1.29, 1.82) is 0 Å². The van der Waals surface area contributed by atoms with Crippen molar-refractivity contribution in [1.82, 2.24) is 19.7 Å². The van der Waals surface area contributed by atoms with E-state index in [4.69, 9.17) is 0 Å². The van der Waals surface area contributed by atoms with Crippen molar-refractivity contribution < 1.29 is 9.53 Å². The number of hydrogen-bond donors (Lipinski definition) is 0. The van der Waals surface area contributed by atoms with Crippen molar-refractivity contribution in [3.63, 3.8) is 0 Å². The molecule has 0 aliphatic rings. The van der Waals surface area contributed by atoms with Gasteiger partial charge in [-0.2, -0.15) is 0 Å². The van der Waals surface area contributed by atoms with E-state index in [2.05, 4.69) is 19.8 Å². The molecular formula is C9H10N4O2S. The molecule has 0 saturated carbocycles. The first-order valence-electron chi connectivity index (χ1n) is 4.58. The molecule has 0 unspecified atom stereocenters. The molecule has 2 rings (SSSR count). The number of hydrogen-bond acceptors (Lipinski definition) is 6. The Bertz CT molecular complexity index is 505. The predicted octanol–water partition coefficient (Wildman–Crippen LogP) is 0.878. The van der Waals surface area contributed by atoms with Crippen LogP contribution in [-0.4, -0.2) is 32.8 Å². The minimum absolute atomic E-state index is 0.0729. The molecule has 0 aliphatic carbocycles. The molecule has 7 heteroatoms. The van der Waals surface area contributed by atoms with Gasteiger partial charge in [0, 0.05) is 11.1 Å². The van der Waals surface area contributed by atoms with E-state index < -0.39 is 5.97 Å². The van der Waals surface area contributed by atoms with Crippen LogP contribution >= 0.6 is 11.3 Å². The summed E-state index contributed by atoms with van der Waals surface area (Å²) in [5.41, 5.74) is 0. The lowest BCUT2D eigenvalue weighted by Crippen LogP contribution is -2.06. The number of rotatable bonds is 3. The second kappa shape index (κ2) is 4.40. The van der Waals surface area contributed by atoms with E-state index in [0.29, 0.717) is 6.54 Å². The zero-order valence-corrected chi connectivity index (χ0v) is 9.69. The number of aromatic nitrogens is 4. The molecule has 0 bridgehead atoms. The summed E-state index contributed by atoms with van der Waals surface area (Å²) < 4.78 is 6.10. The van der Waals surface area contributed by atoms with Crippen molar-refractivity contribution in [2.45, 2.75) is 13.5 Å². The highest BCUT2D eigenvalue weighted by molar-refractivity contribution is 7.11. The average molecular weight is 238 g/mol. The Balaban J connectivity index is 2.11. The zero-order valence-electron chi connectivity index (χ0n) is 8.88. The maximum Gasteiger partial charge on any atom is 0.377 e. The van der Waals surface area contributed by atoms with Crippen molar-refractivity contribution in [3.8, 4) is 0 Å². The highest BCUT2D eigenvalue weighted by Crippen LogP contribution is 2.12. The van der Waals surface area contributed by atoms with Gasteiger partial charge in [0.2, 0.25) is 0 Å². The van der Waals surface area contributed by atoms with Gasteiger partial charge in [-0.3, -0.25) is 0 Å². The van der Waals surface area contributed by atoms with Crippen molar-refractivity contribution in [3.05, 3.63) is 28.2 Å². The standard InChI is InChI=1S/C9H10N4O2S/c1-6-10-3-7(16-6)4-13-5-11-8(12-13)9(14)15-2/h3,5H,4H2,1-2H3. The molecule has 0 aliphatic heterocycles. The Morgan fingerprint density at radius 2 is 2.38 bits per heavy atom. The first-order chi connectivity index (χ1) is 7.69. The van der Waals surface area contributed by atoms with E-state index in [-0.39, 0.29) is 5.82 Å². The number of methoxy groups -OCH3 is 1. The minimum atomic E-state index is -0.528. The van der Waals surface area contributed by atoms with Crippen LogP contribution in [0, 0.1) is 6.92 Å². The van der Waals surface area contributed by atoms with E-state index in [1.54, 1.807) is 22.2 Å². The quantitative estimate of drug-likeness (QED) is 0.742. The van der Waals surface area contributed by atoms with Crippen LogP contribution in [0.25, 0.3) is 0 Å². The van der Waals surface area contributed by atoms with Crippen LogP contribution in [-0.2, 0) is 11.3 Å². The van der Waals surface area contributed by atoms with Crippen molar-refractivity contribution in [2.75, 3.05) is 7.11 Å². The lowest BCUT2D eigenvalue weighted by Gasteiger charge is -1.95. The molecule has 0 radical (unpaired) electrons. The summed E-state index contributed by atoms with van der Waals surface area (Å²) in [5.74, 6) is -0.456. The van der Waals surface area contributed by atoms with E-state index >= 15 is 0 Å². The van der Waals surface area contributed by atoms with Crippen LogP contribution in [0.1, 0.15) is 20.5 Å². The van der Waals surface area contributed by atoms with Gasteiger partial charge >= 0.3 is 5.97 Å². The summed E-state index contributed by atoms with van der Waals surface area (Å²) in [6.45, 7) is 2.50. The summed E-state index contributed by atoms with van der Waals surface area (Å²) in [5, 5.41) is 5.00. The molecule has 6 nitrogen and oxygen atoms in total.